The van der Waals surface area contributed by atoms with E-state index in [1.54, 1.807) is 24.3 Å². The minimum absolute atomic E-state index is 0.0361. The van der Waals surface area contributed by atoms with Crippen molar-refractivity contribution in [3.8, 4) is 34.9 Å². The number of fused-ring (bicyclic) bond motifs is 4. The SMILES string of the molecule is COc1nccc(C#N)c1O[C@H]1C[C@H](c2cc3c(C)nc4c(F)c(-c5cccc(Cl)c5Cl)c(CCC#N)cc4c3n2[C@H]2[C@H]3CN[C@@H]2C3)N(C(=O)C2CC2)C1. The normalized spacial score (nSPS) is 23.0. The topological polar surface area (TPSA) is 129 Å². The quantitative estimate of drug-likeness (QED) is 0.160. The Morgan fingerprint density at radius 1 is 1.15 bits per heavy atom. The predicted octanol–water partition coefficient (Wildman–Crippen LogP) is 8.01. The fourth-order valence-corrected chi connectivity index (χ4v) is 9.41. The second-order valence-corrected chi connectivity index (χ2v) is 15.6. The Balaban J connectivity index is 1.25. The number of methoxy groups -OCH3 is 1. The number of hydrogen-bond donors (Lipinski definition) is 1. The summed E-state index contributed by atoms with van der Waals surface area (Å²) in [6, 6.07) is 15.2. The van der Waals surface area contributed by atoms with Gasteiger partial charge in [0.25, 0.3) is 5.88 Å². The zero-order valence-corrected chi connectivity index (χ0v) is 31.2. The summed E-state index contributed by atoms with van der Waals surface area (Å²) < 4.78 is 31.6. The summed E-state index contributed by atoms with van der Waals surface area (Å²) in [4.78, 5) is 25.2. The molecule has 54 heavy (non-hydrogen) atoms. The van der Waals surface area contributed by atoms with Crippen molar-refractivity contribution in [1.82, 2.24) is 24.8 Å². The lowest BCUT2D eigenvalue weighted by molar-refractivity contribution is -0.133. The van der Waals surface area contributed by atoms with E-state index < -0.39 is 11.9 Å². The van der Waals surface area contributed by atoms with Crippen molar-refractivity contribution in [1.29, 1.82) is 10.5 Å². The van der Waals surface area contributed by atoms with Gasteiger partial charge in [-0.2, -0.15) is 10.5 Å². The zero-order valence-electron chi connectivity index (χ0n) is 29.7. The number of hydrogen-bond acceptors (Lipinski definition) is 8. The molecule has 274 valence electrons. The molecule has 0 radical (unpaired) electrons. The minimum atomic E-state index is -0.516. The molecule has 0 spiro atoms. The number of likely N-dealkylation sites (tertiary alicyclic amines) is 1. The van der Waals surface area contributed by atoms with Crippen molar-refractivity contribution < 1.29 is 18.7 Å². The van der Waals surface area contributed by atoms with Crippen LogP contribution in [0.15, 0.2) is 42.6 Å². The number of carbonyl (C=O) groups excluding carboxylic acids is 1. The number of carbonyl (C=O) groups is 1. The third kappa shape index (κ3) is 5.47. The van der Waals surface area contributed by atoms with Gasteiger partial charge in [-0.1, -0.05) is 35.3 Å². The molecule has 2 aromatic carbocycles. The third-order valence-electron chi connectivity index (χ3n) is 11.7. The first kappa shape index (κ1) is 34.8. The van der Waals surface area contributed by atoms with Crippen LogP contribution in [0.3, 0.4) is 0 Å². The number of aromatic nitrogens is 3. The van der Waals surface area contributed by atoms with Crippen LogP contribution in [0, 0.1) is 47.2 Å². The number of rotatable bonds is 9. The molecule has 5 atom stereocenters. The van der Waals surface area contributed by atoms with Crippen LogP contribution in [-0.4, -0.2) is 57.7 Å². The van der Waals surface area contributed by atoms with Crippen molar-refractivity contribution >= 4 is 50.9 Å². The number of nitrogens with one attached hydrogen (secondary N) is 1. The molecule has 3 aliphatic heterocycles. The molecule has 10 rings (SSSR count). The average molecular weight is 765 g/mol. The molecule has 2 saturated carbocycles. The van der Waals surface area contributed by atoms with Gasteiger partial charge >= 0.3 is 0 Å². The van der Waals surface area contributed by atoms with Gasteiger partial charge < -0.3 is 24.3 Å². The van der Waals surface area contributed by atoms with E-state index in [2.05, 4.69) is 33.1 Å². The maximum absolute atomic E-state index is 17.2. The van der Waals surface area contributed by atoms with Crippen molar-refractivity contribution in [3.05, 3.63) is 81.0 Å². The van der Waals surface area contributed by atoms with Crippen LogP contribution in [0.1, 0.15) is 66.7 Å². The largest absolute Gasteiger partial charge is 0.482 e. The first-order valence-corrected chi connectivity index (χ1v) is 19.1. The first-order valence-electron chi connectivity index (χ1n) is 18.3. The lowest BCUT2D eigenvalue weighted by Crippen LogP contribution is -2.41. The van der Waals surface area contributed by atoms with Gasteiger partial charge in [0.2, 0.25) is 5.91 Å². The van der Waals surface area contributed by atoms with Crippen LogP contribution in [0.4, 0.5) is 4.39 Å². The van der Waals surface area contributed by atoms with Crippen molar-refractivity contribution in [2.75, 3.05) is 20.2 Å². The van der Waals surface area contributed by atoms with E-state index in [1.807, 2.05) is 17.9 Å². The molecule has 6 heterocycles. The highest BCUT2D eigenvalue weighted by atomic mass is 35.5. The van der Waals surface area contributed by atoms with E-state index in [0.717, 1.165) is 42.4 Å². The Morgan fingerprint density at radius 2 is 1.98 bits per heavy atom. The van der Waals surface area contributed by atoms with Gasteiger partial charge in [-0.15, -0.1) is 0 Å². The van der Waals surface area contributed by atoms with Crippen LogP contribution < -0.4 is 14.8 Å². The van der Waals surface area contributed by atoms with Gasteiger partial charge in [-0.3, -0.25) is 4.79 Å². The number of nitriles is 2. The number of nitrogens with zero attached hydrogens (tertiary/aromatic N) is 6. The number of halogens is 3. The van der Waals surface area contributed by atoms with Gasteiger partial charge in [0.1, 0.15) is 23.3 Å². The molecule has 2 aliphatic carbocycles. The van der Waals surface area contributed by atoms with E-state index in [1.165, 1.54) is 13.3 Å². The molecular formula is C41H36Cl2FN7O3. The fraction of sp³-hybridized carbons (Fsp3) is 0.390. The summed E-state index contributed by atoms with van der Waals surface area (Å²) in [6.07, 6.45) is 4.74. The Kier molecular flexibility index (Phi) is 8.65. The number of pyridine rings is 2. The van der Waals surface area contributed by atoms with Gasteiger partial charge in [0.05, 0.1) is 47.4 Å². The smallest absolute Gasteiger partial charge is 0.258 e. The van der Waals surface area contributed by atoms with Crippen molar-refractivity contribution in [2.24, 2.45) is 11.8 Å². The monoisotopic (exact) mass is 763 g/mol. The van der Waals surface area contributed by atoms with Gasteiger partial charge in [0, 0.05) is 70.8 Å². The van der Waals surface area contributed by atoms with E-state index in [0.29, 0.717) is 63.7 Å². The lowest BCUT2D eigenvalue weighted by Gasteiger charge is -2.39. The number of aryl methyl sites for hydroxylation is 2. The summed E-state index contributed by atoms with van der Waals surface area (Å²) in [6.45, 7) is 3.09. The zero-order chi connectivity index (χ0) is 37.4. The molecular weight excluding hydrogens is 728 g/mol. The maximum Gasteiger partial charge on any atom is 0.258 e. The van der Waals surface area contributed by atoms with E-state index in [4.69, 9.17) is 37.7 Å². The van der Waals surface area contributed by atoms with Crippen molar-refractivity contribution in [2.45, 2.75) is 69.7 Å². The second kappa shape index (κ2) is 13.4. The van der Waals surface area contributed by atoms with Crippen LogP contribution in [0.2, 0.25) is 10.0 Å². The lowest BCUT2D eigenvalue weighted by atomic mass is 9.79. The first-order chi connectivity index (χ1) is 26.2. The highest BCUT2D eigenvalue weighted by Gasteiger charge is 2.51. The predicted molar refractivity (Wildman–Crippen MR) is 202 cm³/mol. The Hall–Kier alpha value is -4.94. The van der Waals surface area contributed by atoms with Crippen LogP contribution >= 0.6 is 23.2 Å². The average Bonchev–Trinajstić information content (AvgIpc) is 3.45. The third-order valence-corrected chi connectivity index (χ3v) is 12.5. The number of ether oxygens (including phenoxy) is 2. The Labute approximate surface area is 321 Å². The molecule has 5 aliphatic rings. The Bertz CT molecular complexity index is 2460. The van der Waals surface area contributed by atoms with E-state index >= 15 is 4.39 Å². The highest BCUT2D eigenvalue weighted by Crippen LogP contribution is 2.51. The van der Waals surface area contributed by atoms with Crippen LogP contribution in [0.25, 0.3) is 32.9 Å². The molecule has 1 amide bonds. The van der Waals surface area contributed by atoms with Gasteiger partial charge in [-0.05, 0) is 68.4 Å². The van der Waals surface area contributed by atoms with Crippen LogP contribution in [-0.2, 0) is 11.2 Å². The maximum atomic E-state index is 17.2. The van der Waals surface area contributed by atoms with Gasteiger partial charge in [-0.25, -0.2) is 14.4 Å². The summed E-state index contributed by atoms with van der Waals surface area (Å²) in [5.74, 6) is 0.367. The highest BCUT2D eigenvalue weighted by molar-refractivity contribution is 6.43. The van der Waals surface area contributed by atoms with E-state index in [-0.39, 0.29) is 58.5 Å². The van der Waals surface area contributed by atoms with Gasteiger partial charge in [0.15, 0.2) is 11.6 Å². The second-order valence-electron chi connectivity index (χ2n) is 14.8. The fourth-order valence-electron chi connectivity index (χ4n) is 9.01. The molecule has 5 aromatic rings. The Morgan fingerprint density at radius 3 is 2.69 bits per heavy atom. The number of amides is 1. The molecule has 3 saturated heterocycles. The number of benzene rings is 2. The molecule has 2 bridgehead atoms. The molecule has 3 aromatic heterocycles. The minimum Gasteiger partial charge on any atom is -0.482 e. The molecule has 0 unspecified atom stereocenters. The summed E-state index contributed by atoms with van der Waals surface area (Å²) in [5, 5.41) is 25.3. The van der Waals surface area contributed by atoms with Crippen LogP contribution in [0.5, 0.6) is 11.6 Å². The molecule has 13 heteroatoms. The standard InChI is InChI=1S/C41H36Cl2FN7O3/c1-20-27-16-32(31-15-25(19-50(31)41(52)21-8-9-21)54-39-23(17-46)10-12-47-40(39)53-2)51(37-24-14-30(37)48-18-24)38(27)28-13-22(5-4-11-45)33(35(44)36(28)49-20)26-6-3-7-29(42)34(26)43/h3,6-7,10,12-13,16,21,24-25,30-31,37,48H,4-5,8-9,14-15,18-19H2,1-2H3/t24-,25+,30-,31-,37+/m1/s1. The summed E-state index contributed by atoms with van der Waals surface area (Å²) >= 11 is 13.1. The molecule has 1 N–H and O–H groups in total. The van der Waals surface area contributed by atoms with E-state index in [9.17, 15) is 15.3 Å². The summed E-state index contributed by atoms with van der Waals surface area (Å²) in [7, 11) is 1.48. The molecule has 5 fully saturated rings. The molecule has 10 nitrogen and oxygen atoms in total. The summed E-state index contributed by atoms with van der Waals surface area (Å²) in [5.41, 5.74) is 4.37. The van der Waals surface area contributed by atoms with Crippen molar-refractivity contribution in [3.63, 3.8) is 0 Å².